The fourth-order valence-corrected chi connectivity index (χ4v) is 1.04. The van der Waals surface area contributed by atoms with Crippen molar-refractivity contribution in [3.63, 3.8) is 0 Å². The SMILES string of the molecule is CC(C)NC(=O)CN(C)S(C)(=O)=O. The predicted octanol–water partition coefficient (Wildman–Crippen LogP) is -0.598. The second-order valence-electron chi connectivity index (χ2n) is 3.24. The van der Waals surface area contributed by atoms with Gasteiger partial charge in [0.2, 0.25) is 15.9 Å². The highest BCUT2D eigenvalue weighted by Crippen LogP contribution is 1.91. The Kier molecular flexibility index (Phi) is 4.35. The standard InChI is InChI=1S/C7H16N2O3S/c1-6(2)8-7(10)5-9(3)13(4,11)12/h6H,5H2,1-4H3,(H,8,10). The van der Waals surface area contributed by atoms with Gasteiger partial charge in [-0.25, -0.2) is 8.42 Å². The molecular formula is C7H16N2O3S. The van der Waals surface area contributed by atoms with Crippen LogP contribution in [0.4, 0.5) is 0 Å². The van der Waals surface area contributed by atoms with E-state index in [2.05, 4.69) is 5.32 Å². The van der Waals surface area contributed by atoms with E-state index in [1.807, 2.05) is 13.8 Å². The van der Waals surface area contributed by atoms with Gasteiger partial charge in [0.15, 0.2) is 0 Å². The molecule has 0 saturated carbocycles. The largest absolute Gasteiger partial charge is 0.353 e. The second kappa shape index (κ2) is 4.57. The Hall–Kier alpha value is -0.620. The molecule has 1 N–H and O–H groups in total. The third-order valence-electron chi connectivity index (χ3n) is 1.38. The molecule has 0 unspecified atom stereocenters. The average molecular weight is 208 g/mol. The molecule has 6 heteroatoms. The molecule has 0 aliphatic heterocycles. The van der Waals surface area contributed by atoms with E-state index in [1.54, 1.807) is 0 Å². The van der Waals surface area contributed by atoms with E-state index in [0.717, 1.165) is 10.6 Å². The Morgan fingerprint density at radius 2 is 1.92 bits per heavy atom. The van der Waals surface area contributed by atoms with Gasteiger partial charge in [-0.2, -0.15) is 4.31 Å². The van der Waals surface area contributed by atoms with Gasteiger partial charge in [0.05, 0.1) is 12.8 Å². The van der Waals surface area contributed by atoms with Crippen molar-refractivity contribution >= 4 is 15.9 Å². The van der Waals surface area contributed by atoms with Crippen LogP contribution >= 0.6 is 0 Å². The Bertz CT molecular complexity index is 271. The van der Waals surface area contributed by atoms with Crippen LogP contribution in [0.15, 0.2) is 0 Å². The molecule has 0 atom stereocenters. The first-order chi connectivity index (χ1) is 5.73. The second-order valence-corrected chi connectivity index (χ2v) is 5.33. The molecule has 0 fully saturated rings. The van der Waals surface area contributed by atoms with E-state index in [0.29, 0.717) is 0 Å². The Balaban J connectivity index is 4.08. The third-order valence-corrected chi connectivity index (χ3v) is 2.64. The molecular weight excluding hydrogens is 192 g/mol. The summed E-state index contributed by atoms with van der Waals surface area (Å²) in [7, 11) is -1.89. The summed E-state index contributed by atoms with van der Waals surface area (Å²) in [5.74, 6) is -0.289. The van der Waals surface area contributed by atoms with Crippen molar-refractivity contribution in [1.82, 2.24) is 9.62 Å². The van der Waals surface area contributed by atoms with Crippen molar-refractivity contribution in [3.05, 3.63) is 0 Å². The summed E-state index contributed by atoms with van der Waals surface area (Å²) in [6.07, 6.45) is 1.07. The molecule has 0 aromatic rings. The van der Waals surface area contributed by atoms with Crippen LogP contribution in [0.1, 0.15) is 13.8 Å². The van der Waals surface area contributed by atoms with E-state index in [9.17, 15) is 13.2 Å². The van der Waals surface area contributed by atoms with Crippen molar-refractivity contribution < 1.29 is 13.2 Å². The van der Waals surface area contributed by atoms with Gasteiger partial charge in [-0.3, -0.25) is 4.79 Å². The minimum Gasteiger partial charge on any atom is -0.353 e. The Morgan fingerprint density at radius 1 is 1.46 bits per heavy atom. The Labute approximate surface area is 79.2 Å². The van der Waals surface area contributed by atoms with Crippen molar-refractivity contribution in [1.29, 1.82) is 0 Å². The minimum atomic E-state index is -3.26. The topological polar surface area (TPSA) is 66.5 Å². The molecule has 0 radical (unpaired) electrons. The lowest BCUT2D eigenvalue weighted by molar-refractivity contribution is -0.121. The van der Waals surface area contributed by atoms with Gasteiger partial charge in [-0.15, -0.1) is 0 Å². The maximum atomic E-state index is 11.1. The van der Waals surface area contributed by atoms with Crippen molar-refractivity contribution in [2.45, 2.75) is 19.9 Å². The number of carbonyl (C=O) groups excluding carboxylic acids is 1. The van der Waals surface area contributed by atoms with Gasteiger partial charge < -0.3 is 5.32 Å². The monoisotopic (exact) mass is 208 g/mol. The number of hydrogen-bond acceptors (Lipinski definition) is 3. The zero-order valence-electron chi connectivity index (χ0n) is 8.36. The molecule has 0 bridgehead atoms. The quantitative estimate of drug-likeness (QED) is 0.671. The van der Waals surface area contributed by atoms with Crippen LogP contribution in [0.25, 0.3) is 0 Å². The van der Waals surface area contributed by atoms with Crippen LogP contribution in [0.2, 0.25) is 0 Å². The third kappa shape index (κ3) is 5.59. The first-order valence-corrected chi connectivity index (χ1v) is 5.79. The molecule has 0 spiro atoms. The number of carbonyl (C=O) groups is 1. The maximum absolute atomic E-state index is 11.1. The highest BCUT2D eigenvalue weighted by Gasteiger charge is 2.14. The summed E-state index contributed by atoms with van der Waals surface area (Å²) >= 11 is 0. The van der Waals surface area contributed by atoms with Crippen molar-refractivity contribution in [2.24, 2.45) is 0 Å². The molecule has 0 aromatic heterocycles. The van der Waals surface area contributed by atoms with Crippen LogP contribution in [-0.2, 0) is 14.8 Å². The Morgan fingerprint density at radius 3 is 2.23 bits per heavy atom. The molecule has 0 saturated heterocycles. The van der Waals surface area contributed by atoms with Gasteiger partial charge >= 0.3 is 0 Å². The number of hydrogen-bond donors (Lipinski definition) is 1. The lowest BCUT2D eigenvalue weighted by Crippen LogP contribution is -2.40. The van der Waals surface area contributed by atoms with Crippen LogP contribution in [-0.4, -0.2) is 44.5 Å². The molecule has 5 nitrogen and oxygen atoms in total. The first-order valence-electron chi connectivity index (χ1n) is 3.94. The minimum absolute atomic E-state index is 0.0282. The first kappa shape index (κ1) is 12.4. The highest BCUT2D eigenvalue weighted by molar-refractivity contribution is 7.88. The lowest BCUT2D eigenvalue weighted by atomic mass is 10.4. The molecule has 0 aromatic carbocycles. The average Bonchev–Trinajstić information content (AvgIpc) is 1.82. The van der Waals surface area contributed by atoms with Gasteiger partial charge in [-0.05, 0) is 13.8 Å². The molecule has 0 aliphatic carbocycles. The molecule has 1 amide bonds. The normalized spacial score (nSPS) is 12.2. The van der Waals surface area contributed by atoms with Crippen LogP contribution in [0.5, 0.6) is 0 Å². The van der Waals surface area contributed by atoms with Crippen LogP contribution < -0.4 is 5.32 Å². The number of nitrogens with zero attached hydrogens (tertiary/aromatic N) is 1. The van der Waals surface area contributed by atoms with Crippen molar-refractivity contribution in [3.8, 4) is 0 Å². The van der Waals surface area contributed by atoms with Gasteiger partial charge in [0.25, 0.3) is 0 Å². The molecule has 0 heterocycles. The maximum Gasteiger partial charge on any atom is 0.235 e. The fourth-order valence-electron chi connectivity index (χ4n) is 0.687. The predicted molar refractivity (Wildman–Crippen MR) is 50.8 cm³/mol. The van der Waals surface area contributed by atoms with Crippen LogP contribution in [0.3, 0.4) is 0 Å². The van der Waals surface area contributed by atoms with E-state index in [4.69, 9.17) is 0 Å². The smallest absolute Gasteiger partial charge is 0.235 e. The lowest BCUT2D eigenvalue weighted by Gasteiger charge is -2.14. The van der Waals surface area contributed by atoms with E-state index in [-0.39, 0.29) is 18.5 Å². The van der Waals surface area contributed by atoms with Gasteiger partial charge in [-0.1, -0.05) is 0 Å². The number of amides is 1. The summed E-state index contributed by atoms with van der Waals surface area (Å²) < 4.78 is 22.8. The fraction of sp³-hybridized carbons (Fsp3) is 0.857. The molecule has 78 valence electrons. The zero-order chi connectivity index (χ0) is 10.6. The number of likely N-dealkylation sites (N-methyl/N-ethyl adjacent to an activating group) is 1. The van der Waals surface area contributed by atoms with Crippen LogP contribution in [0, 0.1) is 0 Å². The summed E-state index contributed by atoms with van der Waals surface area (Å²) in [5.41, 5.74) is 0. The molecule has 13 heavy (non-hydrogen) atoms. The number of nitrogens with one attached hydrogen (secondary N) is 1. The summed E-state index contributed by atoms with van der Waals surface area (Å²) in [6, 6.07) is 0.0282. The zero-order valence-corrected chi connectivity index (χ0v) is 9.18. The van der Waals surface area contributed by atoms with Crippen molar-refractivity contribution in [2.75, 3.05) is 19.8 Å². The molecule has 0 rings (SSSR count). The van der Waals surface area contributed by atoms with E-state index >= 15 is 0 Å². The summed E-state index contributed by atoms with van der Waals surface area (Å²) in [5, 5.41) is 2.60. The van der Waals surface area contributed by atoms with Gasteiger partial charge in [0.1, 0.15) is 0 Å². The van der Waals surface area contributed by atoms with E-state index < -0.39 is 10.0 Å². The number of rotatable bonds is 4. The van der Waals surface area contributed by atoms with E-state index in [1.165, 1.54) is 7.05 Å². The number of sulfonamides is 1. The van der Waals surface area contributed by atoms with Gasteiger partial charge in [0, 0.05) is 13.1 Å². The highest BCUT2D eigenvalue weighted by atomic mass is 32.2. The summed E-state index contributed by atoms with van der Waals surface area (Å²) in [4.78, 5) is 11.1. The molecule has 0 aliphatic rings. The summed E-state index contributed by atoms with van der Waals surface area (Å²) in [6.45, 7) is 3.51.